The maximum absolute atomic E-state index is 4.61. The quantitative estimate of drug-likeness (QED) is 0.824. The largest absolute Gasteiger partial charge is 0.310 e. The van der Waals surface area contributed by atoms with E-state index in [1.54, 1.807) is 0 Å². The molecule has 1 heterocycles. The number of nitrogens with zero attached hydrogens (tertiary/aromatic N) is 2. The Morgan fingerprint density at radius 3 is 2.81 bits per heavy atom. The minimum atomic E-state index is 0.772. The van der Waals surface area contributed by atoms with Crippen molar-refractivity contribution in [1.29, 1.82) is 0 Å². The topological polar surface area (TPSA) is 29.9 Å². The number of hydrogen-bond donors (Lipinski definition) is 1. The standard InChI is InChI=1S/C12H21N3S/c1-9-12(8-13-11-4-5-11)10(2)15(14-9)6-7-16-3/h11,13H,4-8H2,1-3H3. The first-order valence-corrected chi connectivity index (χ1v) is 7.37. The predicted octanol–water partition coefficient (Wildman–Crippen LogP) is 2.11. The van der Waals surface area contributed by atoms with Crippen LogP contribution in [0.25, 0.3) is 0 Å². The Hall–Kier alpha value is -0.480. The van der Waals surface area contributed by atoms with Crippen LogP contribution in [0.2, 0.25) is 0 Å². The highest BCUT2D eigenvalue weighted by molar-refractivity contribution is 7.98. The summed E-state index contributed by atoms with van der Waals surface area (Å²) in [5, 5.41) is 8.17. The van der Waals surface area contributed by atoms with Gasteiger partial charge in [0.15, 0.2) is 0 Å². The van der Waals surface area contributed by atoms with Crippen LogP contribution < -0.4 is 5.32 Å². The minimum Gasteiger partial charge on any atom is -0.310 e. The molecule has 0 saturated heterocycles. The van der Waals surface area contributed by atoms with Crippen LogP contribution in [0, 0.1) is 13.8 Å². The molecule has 90 valence electrons. The summed E-state index contributed by atoms with van der Waals surface area (Å²) in [6, 6.07) is 0.772. The van der Waals surface area contributed by atoms with Gasteiger partial charge >= 0.3 is 0 Å². The van der Waals surface area contributed by atoms with Crippen molar-refractivity contribution in [3.63, 3.8) is 0 Å². The average Bonchev–Trinajstić information content (AvgIpc) is 3.03. The molecule has 1 saturated carbocycles. The molecule has 0 unspecified atom stereocenters. The van der Waals surface area contributed by atoms with Crippen molar-refractivity contribution in [2.24, 2.45) is 0 Å². The van der Waals surface area contributed by atoms with Crippen molar-refractivity contribution in [2.45, 2.75) is 45.8 Å². The summed E-state index contributed by atoms with van der Waals surface area (Å²) >= 11 is 1.87. The van der Waals surface area contributed by atoms with Crippen molar-refractivity contribution in [3.8, 4) is 0 Å². The van der Waals surface area contributed by atoms with Crippen LogP contribution in [0.4, 0.5) is 0 Å². The molecule has 0 atom stereocenters. The fourth-order valence-electron chi connectivity index (χ4n) is 1.92. The van der Waals surface area contributed by atoms with E-state index < -0.39 is 0 Å². The number of rotatable bonds is 6. The highest BCUT2D eigenvalue weighted by Crippen LogP contribution is 2.21. The Labute approximate surface area is 102 Å². The van der Waals surface area contributed by atoms with Crippen LogP contribution in [-0.4, -0.2) is 27.8 Å². The van der Waals surface area contributed by atoms with E-state index in [0.29, 0.717) is 0 Å². The zero-order valence-corrected chi connectivity index (χ0v) is 11.2. The molecule has 0 radical (unpaired) electrons. The van der Waals surface area contributed by atoms with Crippen molar-refractivity contribution in [3.05, 3.63) is 17.0 Å². The third kappa shape index (κ3) is 2.80. The van der Waals surface area contributed by atoms with E-state index in [2.05, 4.69) is 35.2 Å². The Balaban J connectivity index is 2.01. The molecule has 0 spiro atoms. The van der Waals surface area contributed by atoms with Crippen LogP contribution in [0.5, 0.6) is 0 Å². The lowest BCUT2D eigenvalue weighted by Gasteiger charge is -2.05. The Bertz CT molecular complexity index is 355. The molecule has 1 aliphatic rings. The number of hydrogen-bond acceptors (Lipinski definition) is 3. The van der Waals surface area contributed by atoms with Crippen LogP contribution >= 0.6 is 11.8 Å². The van der Waals surface area contributed by atoms with Gasteiger partial charge in [-0.25, -0.2) is 0 Å². The van der Waals surface area contributed by atoms with Crippen LogP contribution in [0.3, 0.4) is 0 Å². The SMILES string of the molecule is CSCCn1nc(C)c(CNC2CC2)c1C. The third-order valence-electron chi connectivity index (χ3n) is 3.18. The zero-order chi connectivity index (χ0) is 11.5. The zero-order valence-electron chi connectivity index (χ0n) is 10.4. The maximum atomic E-state index is 4.61. The molecule has 16 heavy (non-hydrogen) atoms. The van der Waals surface area contributed by atoms with E-state index in [1.807, 2.05) is 11.8 Å². The Morgan fingerprint density at radius 2 is 2.19 bits per heavy atom. The first-order chi connectivity index (χ1) is 7.72. The molecule has 0 aromatic carbocycles. The molecule has 0 amide bonds. The summed E-state index contributed by atoms with van der Waals surface area (Å²) in [6.45, 7) is 6.32. The minimum absolute atomic E-state index is 0.772. The van der Waals surface area contributed by atoms with Crippen LogP contribution in [0.1, 0.15) is 29.8 Å². The monoisotopic (exact) mass is 239 g/mol. The lowest BCUT2D eigenvalue weighted by molar-refractivity contribution is 0.636. The molecule has 4 heteroatoms. The summed E-state index contributed by atoms with van der Waals surface area (Å²) in [5.74, 6) is 1.14. The lowest BCUT2D eigenvalue weighted by Crippen LogP contribution is -2.16. The fraction of sp³-hybridized carbons (Fsp3) is 0.750. The molecule has 0 bridgehead atoms. The van der Waals surface area contributed by atoms with E-state index in [9.17, 15) is 0 Å². The summed E-state index contributed by atoms with van der Waals surface area (Å²) < 4.78 is 2.15. The van der Waals surface area contributed by atoms with Gasteiger partial charge < -0.3 is 5.32 Å². The second-order valence-electron chi connectivity index (χ2n) is 4.52. The van der Waals surface area contributed by atoms with Gasteiger partial charge in [-0.05, 0) is 32.9 Å². The highest BCUT2D eigenvalue weighted by Gasteiger charge is 2.21. The van der Waals surface area contributed by atoms with Gasteiger partial charge in [0.25, 0.3) is 0 Å². The molecular formula is C12H21N3S. The molecule has 3 nitrogen and oxygen atoms in total. The summed E-state index contributed by atoms with van der Waals surface area (Å²) in [7, 11) is 0. The van der Waals surface area contributed by atoms with Crippen molar-refractivity contribution < 1.29 is 0 Å². The molecular weight excluding hydrogens is 218 g/mol. The van der Waals surface area contributed by atoms with Gasteiger partial charge in [-0.3, -0.25) is 4.68 Å². The second-order valence-corrected chi connectivity index (χ2v) is 5.51. The van der Waals surface area contributed by atoms with E-state index in [4.69, 9.17) is 0 Å². The normalized spacial score (nSPS) is 15.7. The van der Waals surface area contributed by atoms with E-state index >= 15 is 0 Å². The number of aryl methyl sites for hydroxylation is 2. The van der Waals surface area contributed by atoms with Crippen LogP contribution in [-0.2, 0) is 13.1 Å². The molecule has 0 aliphatic heterocycles. The summed E-state index contributed by atoms with van der Waals surface area (Å²) in [4.78, 5) is 0. The number of thioether (sulfide) groups is 1. The van der Waals surface area contributed by atoms with Gasteiger partial charge in [0.2, 0.25) is 0 Å². The summed E-state index contributed by atoms with van der Waals surface area (Å²) in [6.07, 6.45) is 4.83. The summed E-state index contributed by atoms with van der Waals surface area (Å²) in [5.41, 5.74) is 3.92. The average molecular weight is 239 g/mol. The lowest BCUT2D eigenvalue weighted by atomic mass is 10.2. The number of aromatic nitrogens is 2. The smallest absolute Gasteiger partial charge is 0.0641 e. The molecule has 1 N–H and O–H groups in total. The second kappa shape index (κ2) is 5.23. The fourth-order valence-corrected chi connectivity index (χ4v) is 2.27. The van der Waals surface area contributed by atoms with Crippen molar-refractivity contribution in [1.82, 2.24) is 15.1 Å². The molecule has 1 aromatic heterocycles. The van der Waals surface area contributed by atoms with Gasteiger partial charge in [-0.1, -0.05) is 0 Å². The van der Waals surface area contributed by atoms with Gasteiger partial charge in [-0.2, -0.15) is 16.9 Å². The van der Waals surface area contributed by atoms with Gasteiger partial charge in [0.05, 0.1) is 12.2 Å². The van der Waals surface area contributed by atoms with Crippen molar-refractivity contribution >= 4 is 11.8 Å². The van der Waals surface area contributed by atoms with Gasteiger partial charge in [0, 0.05) is 29.6 Å². The van der Waals surface area contributed by atoms with E-state index in [-0.39, 0.29) is 0 Å². The van der Waals surface area contributed by atoms with Gasteiger partial charge in [-0.15, -0.1) is 0 Å². The van der Waals surface area contributed by atoms with Gasteiger partial charge in [0.1, 0.15) is 0 Å². The van der Waals surface area contributed by atoms with Crippen LogP contribution in [0.15, 0.2) is 0 Å². The first-order valence-electron chi connectivity index (χ1n) is 5.97. The Kier molecular flexibility index (Phi) is 3.92. The third-order valence-corrected chi connectivity index (χ3v) is 3.77. The molecule has 1 aromatic rings. The molecule has 1 fully saturated rings. The highest BCUT2D eigenvalue weighted by atomic mass is 32.2. The number of nitrogens with one attached hydrogen (secondary N) is 1. The maximum Gasteiger partial charge on any atom is 0.0641 e. The van der Waals surface area contributed by atoms with E-state index in [1.165, 1.54) is 29.8 Å². The van der Waals surface area contributed by atoms with Crippen molar-refractivity contribution in [2.75, 3.05) is 12.0 Å². The molecule has 1 aliphatic carbocycles. The Morgan fingerprint density at radius 1 is 1.44 bits per heavy atom. The van der Waals surface area contributed by atoms with E-state index in [0.717, 1.165) is 24.9 Å². The molecule has 2 rings (SSSR count). The predicted molar refractivity (Wildman–Crippen MR) is 69.9 cm³/mol. The first kappa shape index (κ1) is 12.0.